The Labute approximate surface area is 102 Å². The van der Waals surface area contributed by atoms with Crippen molar-refractivity contribution in [3.8, 4) is 11.5 Å². The lowest BCUT2D eigenvalue weighted by molar-refractivity contribution is -0.0388. The van der Waals surface area contributed by atoms with E-state index in [2.05, 4.69) is 0 Å². The molecule has 0 aliphatic carbocycles. The van der Waals surface area contributed by atoms with Crippen molar-refractivity contribution in [1.29, 1.82) is 0 Å². The van der Waals surface area contributed by atoms with E-state index in [0.717, 1.165) is 5.56 Å². The Morgan fingerprint density at radius 1 is 1.06 bits per heavy atom. The molecule has 4 nitrogen and oxygen atoms in total. The van der Waals surface area contributed by atoms with Crippen LogP contribution in [0.15, 0.2) is 18.2 Å². The maximum atomic E-state index is 10.5. The molecule has 0 radical (unpaired) electrons. The number of ether oxygens (including phenoxy) is 3. The maximum Gasteiger partial charge on any atom is 0.122 e. The molecule has 0 saturated heterocycles. The van der Waals surface area contributed by atoms with E-state index in [4.69, 9.17) is 14.2 Å². The average molecular weight is 240 g/mol. The molecule has 0 spiro atoms. The summed E-state index contributed by atoms with van der Waals surface area (Å²) in [4.78, 5) is 0. The molecule has 0 heterocycles. The van der Waals surface area contributed by atoms with Gasteiger partial charge in [-0.05, 0) is 24.1 Å². The second kappa shape index (κ2) is 5.89. The van der Waals surface area contributed by atoms with Crippen molar-refractivity contribution in [3.05, 3.63) is 23.8 Å². The molecule has 0 aliphatic rings. The Hall–Kier alpha value is -1.26. The summed E-state index contributed by atoms with van der Waals surface area (Å²) in [5.41, 5.74) is -0.283. The molecule has 1 unspecified atom stereocenters. The molecule has 96 valence electrons. The average Bonchev–Trinajstić information content (AvgIpc) is 2.38. The zero-order chi connectivity index (χ0) is 12.9. The number of aliphatic hydroxyl groups is 1. The summed E-state index contributed by atoms with van der Waals surface area (Å²) in [6.45, 7) is 2.14. The molecule has 1 atom stereocenters. The molecule has 17 heavy (non-hydrogen) atoms. The van der Waals surface area contributed by atoms with E-state index in [0.29, 0.717) is 17.9 Å². The normalized spacial score (nSPS) is 14.2. The SMILES string of the molecule is CCC(O)(COC)c1cc(OC)cc(OC)c1. The first-order valence-corrected chi connectivity index (χ1v) is 5.54. The number of methoxy groups -OCH3 is 3. The fourth-order valence-corrected chi connectivity index (χ4v) is 1.70. The summed E-state index contributed by atoms with van der Waals surface area (Å²) in [5, 5.41) is 10.5. The molecular weight excluding hydrogens is 220 g/mol. The van der Waals surface area contributed by atoms with E-state index in [1.807, 2.05) is 6.92 Å². The molecule has 1 rings (SSSR count). The van der Waals surface area contributed by atoms with Gasteiger partial charge in [-0.15, -0.1) is 0 Å². The van der Waals surface area contributed by atoms with Crippen molar-refractivity contribution < 1.29 is 19.3 Å². The van der Waals surface area contributed by atoms with Crippen LogP contribution in [0.5, 0.6) is 11.5 Å². The van der Waals surface area contributed by atoms with Gasteiger partial charge < -0.3 is 19.3 Å². The first-order valence-electron chi connectivity index (χ1n) is 5.54. The van der Waals surface area contributed by atoms with Crippen molar-refractivity contribution >= 4 is 0 Å². The standard InChI is InChI=1S/C13H20O4/c1-5-13(14,9-15-2)10-6-11(16-3)8-12(7-10)17-4/h6-8,14H,5,9H2,1-4H3. The van der Waals surface area contributed by atoms with Gasteiger partial charge in [0, 0.05) is 13.2 Å². The van der Waals surface area contributed by atoms with Crippen LogP contribution in [-0.4, -0.2) is 33.0 Å². The molecule has 0 saturated carbocycles. The quantitative estimate of drug-likeness (QED) is 0.825. The van der Waals surface area contributed by atoms with Gasteiger partial charge in [0.05, 0.1) is 20.8 Å². The van der Waals surface area contributed by atoms with Gasteiger partial charge >= 0.3 is 0 Å². The van der Waals surface area contributed by atoms with Crippen LogP contribution in [0, 0.1) is 0 Å². The molecule has 1 aromatic rings. The summed E-state index contributed by atoms with van der Waals surface area (Å²) < 4.78 is 15.4. The Balaban J connectivity index is 3.18. The summed E-state index contributed by atoms with van der Waals surface area (Å²) >= 11 is 0. The van der Waals surface area contributed by atoms with Gasteiger partial charge in [0.25, 0.3) is 0 Å². The highest BCUT2D eigenvalue weighted by Gasteiger charge is 2.28. The summed E-state index contributed by atoms with van der Waals surface area (Å²) in [7, 11) is 4.73. The molecule has 0 bridgehead atoms. The Bertz CT molecular complexity index is 342. The Morgan fingerprint density at radius 2 is 1.59 bits per heavy atom. The molecule has 4 heteroatoms. The Morgan fingerprint density at radius 3 is 1.94 bits per heavy atom. The number of rotatable bonds is 6. The van der Waals surface area contributed by atoms with Crippen LogP contribution in [0.4, 0.5) is 0 Å². The fraction of sp³-hybridized carbons (Fsp3) is 0.538. The molecule has 0 fully saturated rings. The molecular formula is C13H20O4. The largest absolute Gasteiger partial charge is 0.497 e. The summed E-state index contributed by atoms with van der Waals surface area (Å²) in [6.07, 6.45) is 0.553. The van der Waals surface area contributed by atoms with Crippen molar-refractivity contribution in [2.75, 3.05) is 27.9 Å². The topological polar surface area (TPSA) is 47.9 Å². The summed E-state index contributed by atoms with van der Waals surface area (Å²) in [6, 6.07) is 5.36. The predicted molar refractivity (Wildman–Crippen MR) is 65.6 cm³/mol. The van der Waals surface area contributed by atoms with Crippen molar-refractivity contribution in [2.45, 2.75) is 18.9 Å². The van der Waals surface area contributed by atoms with E-state index < -0.39 is 5.60 Å². The van der Waals surface area contributed by atoms with Crippen LogP contribution < -0.4 is 9.47 Å². The first-order chi connectivity index (χ1) is 8.09. The zero-order valence-corrected chi connectivity index (χ0v) is 10.8. The second-order valence-electron chi connectivity index (χ2n) is 3.92. The lowest BCUT2D eigenvalue weighted by Crippen LogP contribution is -2.30. The monoisotopic (exact) mass is 240 g/mol. The van der Waals surface area contributed by atoms with Gasteiger partial charge in [-0.25, -0.2) is 0 Å². The number of hydrogen-bond acceptors (Lipinski definition) is 4. The molecule has 0 aromatic heterocycles. The van der Waals surface area contributed by atoms with E-state index >= 15 is 0 Å². The van der Waals surface area contributed by atoms with Gasteiger partial charge in [0.2, 0.25) is 0 Å². The lowest BCUT2D eigenvalue weighted by atomic mass is 9.91. The lowest BCUT2D eigenvalue weighted by Gasteiger charge is -2.27. The van der Waals surface area contributed by atoms with Crippen molar-refractivity contribution in [3.63, 3.8) is 0 Å². The molecule has 0 amide bonds. The fourth-order valence-electron chi connectivity index (χ4n) is 1.70. The molecule has 1 N–H and O–H groups in total. The minimum absolute atomic E-state index is 0.236. The van der Waals surface area contributed by atoms with E-state index in [1.54, 1.807) is 39.5 Å². The van der Waals surface area contributed by atoms with Gasteiger partial charge in [0.15, 0.2) is 0 Å². The Kier molecular flexibility index (Phi) is 4.78. The van der Waals surface area contributed by atoms with Gasteiger partial charge in [-0.2, -0.15) is 0 Å². The van der Waals surface area contributed by atoms with Crippen LogP contribution in [-0.2, 0) is 10.3 Å². The first kappa shape index (κ1) is 13.8. The maximum absolute atomic E-state index is 10.5. The summed E-state index contributed by atoms with van der Waals surface area (Å²) in [5.74, 6) is 1.31. The number of hydrogen-bond donors (Lipinski definition) is 1. The highest BCUT2D eigenvalue weighted by molar-refractivity contribution is 5.41. The van der Waals surface area contributed by atoms with Crippen LogP contribution >= 0.6 is 0 Å². The van der Waals surface area contributed by atoms with E-state index in [-0.39, 0.29) is 6.61 Å². The smallest absolute Gasteiger partial charge is 0.122 e. The minimum atomic E-state index is -1.02. The van der Waals surface area contributed by atoms with Gasteiger partial charge in [-0.3, -0.25) is 0 Å². The van der Waals surface area contributed by atoms with Gasteiger partial charge in [0.1, 0.15) is 17.1 Å². The minimum Gasteiger partial charge on any atom is -0.497 e. The van der Waals surface area contributed by atoms with Gasteiger partial charge in [-0.1, -0.05) is 6.92 Å². The van der Waals surface area contributed by atoms with E-state index in [1.165, 1.54) is 0 Å². The predicted octanol–water partition coefficient (Wildman–Crippen LogP) is 1.95. The van der Waals surface area contributed by atoms with E-state index in [9.17, 15) is 5.11 Å². The molecule has 0 aliphatic heterocycles. The highest BCUT2D eigenvalue weighted by atomic mass is 16.5. The van der Waals surface area contributed by atoms with Crippen LogP contribution in [0.2, 0.25) is 0 Å². The zero-order valence-electron chi connectivity index (χ0n) is 10.8. The highest BCUT2D eigenvalue weighted by Crippen LogP contribution is 2.32. The number of benzene rings is 1. The second-order valence-corrected chi connectivity index (χ2v) is 3.92. The molecule has 1 aromatic carbocycles. The van der Waals surface area contributed by atoms with Crippen molar-refractivity contribution in [1.82, 2.24) is 0 Å². The van der Waals surface area contributed by atoms with Crippen LogP contribution in [0.1, 0.15) is 18.9 Å². The van der Waals surface area contributed by atoms with Crippen LogP contribution in [0.25, 0.3) is 0 Å². The third-order valence-electron chi connectivity index (χ3n) is 2.86. The van der Waals surface area contributed by atoms with Crippen LogP contribution in [0.3, 0.4) is 0 Å². The third kappa shape index (κ3) is 3.11. The van der Waals surface area contributed by atoms with Crippen molar-refractivity contribution in [2.24, 2.45) is 0 Å². The third-order valence-corrected chi connectivity index (χ3v) is 2.86.